The van der Waals surface area contributed by atoms with E-state index in [1.54, 1.807) is 0 Å². The molecule has 19 heavy (non-hydrogen) atoms. The van der Waals surface area contributed by atoms with Gasteiger partial charge in [0.25, 0.3) is 0 Å². The number of rotatable bonds is 2. The van der Waals surface area contributed by atoms with Gasteiger partial charge in [-0.2, -0.15) is 22.0 Å². The van der Waals surface area contributed by atoms with Gasteiger partial charge in [0.15, 0.2) is 0 Å². The number of halogens is 5. The summed E-state index contributed by atoms with van der Waals surface area (Å²) >= 11 is 0. The number of carbonyl (C=O) groups excluding carboxylic acids is 2. The molecule has 4 nitrogen and oxygen atoms in total. The quantitative estimate of drug-likeness (QED) is 0.779. The molecule has 0 saturated carbocycles. The number of likely N-dealkylation sites (tertiary alicyclic amines) is 1. The van der Waals surface area contributed by atoms with Gasteiger partial charge in [-0.05, 0) is 12.8 Å². The van der Waals surface area contributed by atoms with Gasteiger partial charge in [-0.1, -0.05) is 0 Å². The minimum Gasteiger partial charge on any atom is -0.352 e. The summed E-state index contributed by atoms with van der Waals surface area (Å²) in [4.78, 5) is 22.5. The highest BCUT2D eigenvalue weighted by Crippen LogP contribution is 2.37. The number of nitrogens with zero attached hydrogens (tertiary/aromatic N) is 1. The zero-order valence-electron chi connectivity index (χ0n) is 10.1. The van der Waals surface area contributed by atoms with Crippen molar-refractivity contribution in [1.29, 1.82) is 0 Å². The molecule has 0 aliphatic carbocycles. The zero-order chi connectivity index (χ0) is 14.8. The average Bonchev–Trinajstić information content (AvgIpc) is 2.25. The minimum atomic E-state index is -5.91. The Morgan fingerprint density at radius 1 is 1.21 bits per heavy atom. The van der Waals surface area contributed by atoms with Crippen molar-refractivity contribution in [3.63, 3.8) is 0 Å². The van der Waals surface area contributed by atoms with Gasteiger partial charge >= 0.3 is 18.0 Å². The molecule has 0 spiro atoms. The molecule has 9 heteroatoms. The largest absolute Gasteiger partial charge is 0.463 e. The first-order valence-electron chi connectivity index (χ1n) is 5.56. The number of nitrogens with one attached hydrogen (secondary N) is 1. The van der Waals surface area contributed by atoms with Crippen LogP contribution in [0.25, 0.3) is 0 Å². The Bertz CT molecular complexity index is 369. The first-order valence-corrected chi connectivity index (χ1v) is 5.56. The predicted octanol–water partition coefficient (Wildman–Crippen LogP) is 1.31. The second-order valence-electron chi connectivity index (χ2n) is 4.36. The number of alkyl halides is 5. The molecule has 0 aromatic heterocycles. The van der Waals surface area contributed by atoms with Gasteiger partial charge in [-0.25, -0.2) is 0 Å². The van der Waals surface area contributed by atoms with Gasteiger partial charge in [-0.15, -0.1) is 0 Å². The summed E-state index contributed by atoms with van der Waals surface area (Å²) < 4.78 is 62.0. The van der Waals surface area contributed by atoms with Crippen LogP contribution in [0.2, 0.25) is 0 Å². The summed E-state index contributed by atoms with van der Waals surface area (Å²) in [6, 6.07) is -0.598. The monoisotopic (exact) mass is 288 g/mol. The first kappa shape index (κ1) is 15.6. The molecule has 1 heterocycles. The minimum absolute atomic E-state index is 0.180. The van der Waals surface area contributed by atoms with Gasteiger partial charge in [-0.3, -0.25) is 9.59 Å². The molecule has 0 bridgehead atoms. The van der Waals surface area contributed by atoms with E-state index in [0.29, 0.717) is 11.3 Å². The Hall–Kier alpha value is -1.41. The van der Waals surface area contributed by atoms with Crippen LogP contribution in [0.5, 0.6) is 0 Å². The van der Waals surface area contributed by atoms with E-state index >= 15 is 0 Å². The third kappa shape index (κ3) is 3.54. The molecule has 1 aliphatic rings. The summed E-state index contributed by atoms with van der Waals surface area (Å²) in [6.07, 6.45) is -5.23. The van der Waals surface area contributed by atoms with Crippen LogP contribution < -0.4 is 5.32 Å². The molecular formula is C10H13F5N2O2. The summed E-state index contributed by atoms with van der Waals surface area (Å²) in [5.74, 6) is -8.09. The summed E-state index contributed by atoms with van der Waals surface area (Å²) in [5.41, 5.74) is 0. The van der Waals surface area contributed by atoms with Crippen LogP contribution in [0.1, 0.15) is 19.8 Å². The van der Waals surface area contributed by atoms with Gasteiger partial charge < -0.3 is 10.2 Å². The highest BCUT2D eigenvalue weighted by molar-refractivity contribution is 5.84. The molecule has 1 atom stereocenters. The fourth-order valence-electron chi connectivity index (χ4n) is 1.89. The van der Waals surface area contributed by atoms with E-state index in [0.717, 1.165) is 0 Å². The van der Waals surface area contributed by atoms with E-state index in [9.17, 15) is 31.5 Å². The summed E-state index contributed by atoms with van der Waals surface area (Å²) in [7, 11) is 0. The van der Waals surface area contributed by atoms with Crippen molar-refractivity contribution in [3.8, 4) is 0 Å². The molecule has 1 aliphatic heterocycles. The van der Waals surface area contributed by atoms with Crippen LogP contribution in [0.15, 0.2) is 0 Å². The molecule has 1 rings (SSSR count). The van der Waals surface area contributed by atoms with Gasteiger partial charge in [0.05, 0.1) is 0 Å². The van der Waals surface area contributed by atoms with Crippen LogP contribution in [-0.4, -0.2) is 47.9 Å². The molecule has 0 aromatic rings. The number of hydrogen-bond donors (Lipinski definition) is 1. The smallest absolute Gasteiger partial charge is 0.352 e. The van der Waals surface area contributed by atoms with Gasteiger partial charge in [0.1, 0.15) is 0 Å². The van der Waals surface area contributed by atoms with Gasteiger partial charge in [0, 0.05) is 26.1 Å². The Morgan fingerprint density at radius 3 is 2.26 bits per heavy atom. The van der Waals surface area contributed by atoms with E-state index < -0.39 is 30.0 Å². The van der Waals surface area contributed by atoms with Crippen molar-refractivity contribution < 1.29 is 31.5 Å². The molecule has 0 aromatic carbocycles. The highest BCUT2D eigenvalue weighted by atomic mass is 19.4. The maximum Gasteiger partial charge on any atom is 0.463 e. The van der Waals surface area contributed by atoms with Crippen molar-refractivity contribution in [1.82, 2.24) is 10.2 Å². The fourth-order valence-corrected chi connectivity index (χ4v) is 1.89. The van der Waals surface area contributed by atoms with Crippen molar-refractivity contribution in [2.75, 3.05) is 13.1 Å². The maximum atomic E-state index is 12.9. The molecule has 1 saturated heterocycles. The first-order chi connectivity index (χ1) is 8.55. The Labute approximate surface area is 105 Å². The van der Waals surface area contributed by atoms with E-state index in [-0.39, 0.29) is 19.5 Å². The SMILES string of the molecule is CC(=O)NC1CCCN(C(=O)C(F)(F)C(F)(F)F)C1. The van der Waals surface area contributed by atoms with E-state index in [1.807, 2.05) is 0 Å². The second-order valence-corrected chi connectivity index (χ2v) is 4.36. The average molecular weight is 288 g/mol. The lowest BCUT2D eigenvalue weighted by Crippen LogP contribution is -2.57. The van der Waals surface area contributed by atoms with E-state index in [1.165, 1.54) is 6.92 Å². The van der Waals surface area contributed by atoms with Crippen molar-refractivity contribution >= 4 is 11.8 Å². The molecule has 0 radical (unpaired) electrons. The number of hydrogen-bond acceptors (Lipinski definition) is 2. The van der Waals surface area contributed by atoms with E-state index in [4.69, 9.17) is 0 Å². The summed E-state index contributed by atoms with van der Waals surface area (Å²) in [5, 5.41) is 2.40. The van der Waals surface area contributed by atoms with Crippen LogP contribution in [0.4, 0.5) is 22.0 Å². The number of piperidine rings is 1. The molecule has 2 amide bonds. The standard InChI is InChI=1S/C10H13F5N2O2/c1-6(18)16-7-3-2-4-17(5-7)8(19)9(11,12)10(13,14)15/h7H,2-5H2,1H3,(H,16,18). The molecule has 1 N–H and O–H groups in total. The van der Waals surface area contributed by atoms with Gasteiger partial charge in [0.2, 0.25) is 5.91 Å². The number of carbonyl (C=O) groups is 2. The van der Waals surface area contributed by atoms with Crippen molar-refractivity contribution in [2.24, 2.45) is 0 Å². The Morgan fingerprint density at radius 2 is 1.79 bits per heavy atom. The van der Waals surface area contributed by atoms with Crippen LogP contribution in [0, 0.1) is 0 Å². The highest BCUT2D eigenvalue weighted by Gasteiger charge is 2.64. The lowest BCUT2D eigenvalue weighted by molar-refractivity contribution is -0.274. The number of amides is 2. The predicted molar refractivity (Wildman–Crippen MR) is 54.4 cm³/mol. The van der Waals surface area contributed by atoms with Crippen molar-refractivity contribution in [3.05, 3.63) is 0 Å². The van der Waals surface area contributed by atoms with Crippen LogP contribution in [-0.2, 0) is 9.59 Å². The second kappa shape index (κ2) is 5.30. The van der Waals surface area contributed by atoms with Crippen LogP contribution in [0.3, 0.4) is 0 Å². The topological polar surface area (TPSA) is 49.4 Å². The fraction of sp³-hybridized carbons (Fsp3) is 0.800. The Balaban J connectivity index is 2.75. The third-order valence-electron chi connectivity index (χ3n) is 2.74. The zero-order valence-corrected chi connectivity index (χ0v) is 10.1. The molecule has 1 unspecified atom stereocenters. The third-order valence-corrected chi connectivity index (χ3v) is 2.74. The summed E-state index contributed by atoms with van der Waals surface area (Å²) in [6.45, 7) is 0.676. The lowest BCUT2D eigenvalue weighted by atomic mass is 10.0. The molecular weight excluding hydrogens is 275 g/mol. The van der Waals surface area contributed by atoms with E-state index in [2.05, 4.69) is 5.32 Å². The molecule has 1 fully saturated rings. The van der Waals surface area contributed by atoms with Crippen molar-refractivity contribution in [2.45, 2.75) is 37.9 Å². The Kier molecular flexibility index (Phi) is 4.36. The normalized spacial score (nSPS) is 21.2. The lowest BCUT2D eigenvalue weighted by Gasteiger charge is -2.35. The maximum absolute atomic E-state index is 12.9. The van der Waals surface area contributed by atoms with Crippen LogP contribution >= 0.6 is 0 Å². The molecule has 110 valence electrons.